The van der Waals surface area contributed by atoms with Crippen LogP contribution in [0.2, 0.25) is 10.0 Å². The molecule has 0 spiro atoms. The number of para-hydroxylation sites is 1. The fourth-order valence-electron chi connectivity index (χ4n) is 2.61. The minimum absolute atomic E-state index is 0.436. The first-order chi connectivity index (χ1) is 13.7. The zero-order valence-electron chi connectivity index (χ0n) is 15.4. The van der Waals surface area contributed by atoms with E-state index in [1.54, 1.807) is 12.3 Å². The summed E-state index contributed by atoms with van der Waals surface area (Å²) in [5, 5.41) is 4.50. The zero-order valence-corrected chi connectivity index (χ0v) is 16.9. The normalized spacial score (nSPS) is 10.6. The maximum atomic E-state index is 6.06. The van der Waals surface area contributed by atoms with E-state index < -0.39 is 0 Å². The van der Waals surface area contributed by atoms with Gasteiger partial charge in [0.05, 0.1) is 16.7 Å². The fourth-order valence-corrected chi connectivity index (χ4v) is 2.93. The average Bonchev–Trinajstić information content (AvgIpc) is 2.73. The van der Waals surface area contributed by atoms with Gasteiger partial charge in [-0.25, -0.2) is 4.98 Å². The summed E-state index contributed by atoms with van der Waals surface area (Å²) in [4.78, 5) is 4.14. The molecule has 0 radical (unpaired) electrons. The number of hydrogen-bond donors (Lipinski definition) is 1. The number of hydrogen-bond acceptors (Lipinski definition) is 4. The molecule has 0 aliphatic heterocycles. The van der Waals surface area contributed by atoms with Gasteiger partial charge in [0.2, 0.25) is 5.88 Å². The Hall–Kier alpha value is -2.27. The van der Waals surface area contributed by atoms with Gasteiger partial charge >= 0.3 is 0 Å². The Morgan fingerprint density at radius 1 is 0.893 bits per heavy atom. The smallest absolute Gasteiger partial charge is 0.213 e. The van der Waals surface area contributed by atoms with Crippen LogP contribution in [-0.4, -0.2) is 18.1 Å². The minimum atomic E-state index is 0.436. The van der Waals surface area contributed by atoms with Crippen molar-refractivity contribution in [2.75, 3.05) is 13.2 Å². The molecule has 0 unspecified atom stereocenters. The Kier molecular flexibility index (Phi) is 7.97. The molecule has 0 saturated carbocycles. The maximum absolute atomic E-state index is 6.06. The summed E-state index contributed by atoms with van der Waals surface area (Å²) >= 11 is 12.0. The summed E-state index contributed by atoms with van der Waals surface area (Å²) in [6, 6.07) is 19.2. The van der Waals surface area contributed by atoms with E-state index >= 15 is 0 Å². The third kappa shape index (κ3) is 6.41. The van der Waals surface area contributed by atoms with Crippen LogP contribution < -0.4 is 14.8 Å². The lowest BCUT2D eigenvalue weighted by Gasteiger charge is -2.13. The SMILES string of the molecule is Clc1ccc(COc2ccccc2CNCCCOc2ccccn2)cc1Cl. The molecule has 0 aliphatic rings. The predicted octanol–water partition coefficient (Wildman–Crippen LogP) is 5.53. The Labute approximate surface area is 175 Å². The largest absolute Gasteiger partial charge is 0.489 e. The average molecular weight is 417 g/mol. The van der Waals surface area contributed by atoms with Crippen molar-refractivity contribution in [1.82, 2.24) is 10.3 Å². The van der Waals surface area contributed by atoms with Crippen molar-refractivity contribution in [2.45, 2.75) is 19.6 Å². The highest BCUT2D eigenvalue weighted by Crippen LogP contribution is 2.24. The van der Waals surface area contributed by atoms with Crippen molar-refractivity contribution in [2.24, 2.45) is 0 Å². The molecule has 3 rings (SSSR count). The van der Waals surface area contributed by atoms with Gasteiger partial charge in [0.1, 0.15) is 12.4 Å². The quantitative estimate of drug-likeness (QED) is 0.441. The van der Waals surface area contributed by atoms with Crippen LogP contribution in [0.3, 0.4) is 0 Å². The highest BCUT2D eigenvalue weighted by Gasteiger charge is 2.05. The van der Waals surface area contributed by atoms with Gasteiger partial charge in [-0.2, -0.15) is 0 Å². The predicted molar refractivity (Wildman–Crippen MR) is 113 cm³/mol. The van der Waals surface area contributed by atoms with Gasteiger partial charge in [-0.05, 0) is 42.8 Å². The van der Waals surface area contributed by atoms with Gasteiger partial charge in [-0.3, -0.25) is 0 Å². The van der Waals surface area contributed by atoms with Crippen molar-refractivity contribution in [1.29, 1.82) is 0 Å². The van der Waals surface area contributed by atoms with Crippen LogP contribution in [0.1, 0.15) is 17.5 Å². The van der Waals surface area contributed by atoms with Crippen molar-refractivity contribution in [3.05, 3.63) is 88.0 Å². The molecule has 1 N–H and O–H groups in total. The lowest BCUT2D eigenvalue weighted by atomic mass is 10.2. The molecule has 0 bridgehead atoms. The molecule has 0 amide bonds. The van der Waals surface area contributed by atoms with Crippen LogP contribution in [0.5, 0.6) is 11.6 Å². The number of nitrogens with one attached hydrogen (secondary N) is 1. The lowest BCUT2D eigenvalue weighted by molar-refractivity contribution is 0.294. The zero-order chi connectivity index (χ0) is 19.6. The van der Waals surface area contributed by atoms with E-state index in [9.17, 15) is 0 Å². The molecule has 28 heavy (non-hydrogen) atoms. The van der Waals surface area contributed by atoms with Crippen LogP contribution in [0.25, 0.3) is 0 Å². The molecule has 2 aromatic carbocycles. The molecule has 1 heterocycles. The summed E-state index contributed by atoms with van der Waals surface area (Å²) in [5.41, 5.74) is 2.08. The van der Waals surface area contributed by atoms with E-state index in [4.69, 9.17) is 32.7 Å². The first-order valence-electron chi connectivity index (χ1n) is 9.11. The summed E-state index contributed by atoms with van der Waals surface area (Å²) in [5.74, 6) is 1.51. The summed E-state index contributed by atoms with van der Waals surface area (Å²) in [6.07, 6.45) is 2.62. The number of pyridine rings is 1. The van der Waals surface area contributed by atoms with Crippen LogP contribution >= 0.6 is 23.2 Å². The second-order valence-electron chi connectivity index (χ2n) is 6.19. The molecule has 1 aromatic heterocycles. The molecule has 0 atom stereocenters. The second-order valence-corrected chi connectivity index (χ2v) is 7.01. The monoisotopic (exact) mass is 416 g/mol. The van der Waals surface area contributed by atoms with E-state index in [-0.39, 0.29) is 0 Å². The standard InChI is InChI=1S/C22H22Cl2N2O2/c23-19-10-9-17(14-20(19)24)16-28-21-7-2-1-6-18(21)15-25-11-5-13-27-22-8-3-4-12-26-22/h1-4,6-10,12,14,25H,5,11,13,15-16H2. The Morgan fingerprint density at radius 3 is 2.57 bits per heavy atom. The Morgan fingerprint density at radius 2 is 1.75 bits per heavy atom. The fraction of sp³-hybridized carbons (Fsp3) is 0.227. The van der Waals surface area contributed by atoms with Crippen molar-refractivity contribution in [3.8, 4) is 11.6 Å². The van der Waals surface area contributed by atoms with Gasteiger partial charge in [-0.1, -0.05) is 53.5 Å². The number of benzene rings is 2. The van der Waals surface area contributed by atoms with Crippen molar-refractivity contribution >= 4 is 23.2 Å². The highest BCUT2D eigenvalue weighted by atomic mass is 35.5. The van der Waals surface area contributed by atoms with Crippen LogP contribution in [0.15, 0.2) is 66.9 Å². The van der Waals surface area contributed by atoms with E-state index in [2.05, 4.69) is 16.4 Å². The number of aromatic nitrogens is 1. The molecule has 3 aromatic rings. The summed E-state index contributed by atoms with van der Waals surface area (Å²) in [7, 11) is 0. The van der Waals surface area contributed by atoms with Crippen LogP contribution in [0, 0.1) is 0 Å². The molecule has 0 saturated heterocycles. The Bertz CT molecular complexity index is 875. The minimum Gasteiger partial charge on any atom is -0.489 e. The van der Waals surface area contributed by atoms with E-state index in [1.165, 1.54) is 0 Å². The van der Waals surface area contributed by atoms with E-state index in [0.717, 1.165) is 36.4 Å². The molecule has 146 valence electrons. The first kappa shape index (κ1) is 20.5. The molecule has 6 heteroatoms. The molecule has 0 fully saturated rings. The molecular weight excluding hydrogens is 395 g/mol. The molecular formula is C22H22Cl2N2O2. The van der Waals surface area contributed by atoms with Crippen LogP contribution in [0.4, 0.5) is 0 Å². The summed E-state index contributed by atoms with van der Waals surface area (Å²) in [6.45, 7) is 2.63. The third-order valence-corrected chi connectivity index (χ3v) is 4.79. The van der Waals surface area contributed by atoms with Crippen molar-refractivity contribution < 1.29 is 9.47 Å². The Balaban J connectivity index is 1.42. The van der Waals surface area contributed by atoms with Gasteiger partial charge in [-0.15, -0.1) is 0 Å². The first-order valence-corrected chi connectivity index (χ1v) is 9.87. The maximum Gasteiger partial charge on any atom is 0.213 e. The van der Waals surface area contributed by atoms with E-state index in [1.807, 2.05) is 48.5 Å². The van der Waals surface area contributed by atoms with Gasteiger partial charge < -0.3 is 14.8 Å². The second kappa shape index (κ2) is 10.9. The van der Waals surface area contributed by atoms with Gasteiger partial charge in [0, 0.05) is 24.4 Å². The molecule has 4 nitrogen and oxygen atoms in total. The van der Waals surface area contributed by atoms with Crippen LogP contribution in [-0.2, 0) is 13.2 Å². The number of nitrogens with zero attached hydrogens (tertiary/aromatic N) is 1. The highest BCUT2D eigenvalue weighted by molar-refractivity contribution is 6.42. The van der Waals surface area contributed by atoms with Gasteiger partial charge in [0.25, 0.3) is 0 Å². The summed E-state index contributed by atoms with van der Waals surface area (Å²) < 4.78 is 11.6. The third-order valence-electron chi connectivity index (χ3n) is 4.05. The lowest BCUT2D eigenvalue weighted by Crippen LogP contribution is -2.17. The number of rotatable bonds is 10. The van der Waals surface area contributed by atoms with Crippen molar-refractivity contribution in [3.63, 3.8) is 0 Å². The van der Waals surface area contributed by atoms with E-state index in [0.29, 0.717) is 29.1 Å². The number of ether oxygens (including phenoxy) is 2. The number of halogens is 2. The van der Waals surface area contributed by atoms with Gasteiger partial charge in [0.15, 0.2) is 0 Å². The molecule has 0 aliphatic carbocycles. The topological polar surface area (TPSA) is 43.4 Å².